The molecule has 1 aliphatic carbocycles. The summed E-state index contributed by atoms with van der Waals surface area (Å²) in [5.74, 6) is -1.51. The Morgan fingerprint density at radius 1 is 1.29 bits per heavy atom. The molecule has 1 amide bonds. The molecule has 0 spiro atoms. The monoisotopic (exact) mass is 385 g/mol. The lowest BCUT2D eigenvalue weighted by Crippen LogP contribution is -2.37. The molecule has 0 bridgehead atoms. The summed E-state index contributed by atoms with van der Waals surface area (Å²) in [5, 5.41) is 0. The highest BCUT2D eigenvalue weighted by Crippen LogP contribution is 2.40. The van der Waals surface area contributed by atoms with Gasteiger partial charge in [0.15, 0.2) is 5.69 Å². The van der Waals surface area contributed by atoms with Gasteiger partial charge in [0.25, 0.3) is 5.91 Å². The summed E-state index contributed by atoms with van der Waals surface area (Å²) in [6, 6.07) is 3.52. The smallest absolute Gasteiger partial charge is 0.309 e. The molecule has 1 aliphatic heterocycles. The quantitative estimate of drug-likeness (QED) is 0.602. The second kappa shape index (κ2) is 7.04. The number of fused-ring (bicyclic) bond motifs is 2. The van der Waals surface area contributed by atoms with E-state index in [1.165, 1.54) is 4.40 Å². The molecule has 148 valence electrons. The fourth-order valence-corrected chi connectivity index (χ4v) is 4.47. The summed E-state index contributed by atoms with van der Waals surface area (Å²) in [6.45, 7) is 6.81. The van der Waals surface area contributed by atoms with Crippen molar-refractivity contribution in [3.63, 3.8) is 0 Å². The number of nitrogens with zero attached hydrogens (tertiary/aromatic N) is 3. The van der Waals surface area contributed by atoms with Gasteiger partial charge < -0.3 is 9.64 Å². The molecule has 0 N–H and O–H groups in total. The van der Waals surface area contributed by atoms with Gasteiger partial charge in [0, 0.05) is 19.3 Å². The summed E-state index contributed by atoms with van der Waals surface area (Å²) in [5.41, 5.74) is 1.11. The number of ether oxygens (including phenoxy) is 1. The number of hydrogen-bond acceptors (Lipinski definition) is 4. The number of amides is 1. The molecular weight excluding hydrogens is 361 g/mol. The van der Waals surface area contributed by atoms with Crippen LogP contribution in [0, 0.1) is 36.5 Å². The molecule has 0 saturated carbocycles. The van der Waals surface area contributed by atoms with E-state index >= 15 is 0 Å². The van der Waals surface area contributed by atoms with Crippen molar-refractivity contribution in [2.24, 2.45) is 23.7 Å². The summed E-state index contributed by atoms with van der Waals surface area (Å²) in [6.07, 6.45) is 5.71. The number of likely N-dealkylation sites (tertiary alicyclic amines) is 1. The van der Waals surface area contributed by atoms with Crippen LogP contribution in [0.4, 0.5) is 4.39 Å². The molecule has 4 atom stereocenters. The van der Waals surface area contributed by atoms with Crippen LogP contribution in [0.25, 0.3) is 5.65 Å². The van der Waals surface area contributed by atoms with Crippen molar-refractivity contribution in [1.82, 2.24) is 14.3 Å². The van der Waals surface area contributed by atoms with Crippen molar-refractivity contribution >= 4 is 17.5 Å². The Labute approximate surface area is 163 Å². The maximum absolute atomic E-state index is 14.8. The second-order valence-electron chi connectivity index (χ2n) is 7.75. The first-order valence-electron chi connectivity index (χ1n) is 9.69. The number of aromatic nitrogens is 2. The largest absolute Gasteiger partial charge is 0.466 e. The first-order chi connectivity index (χ1) is 13.4. The lowest BCUT2D eigenvalue weighted by molar-refractivity contribution is -0.152. The first-order valence-corrected chi connectivity index (χ1v) is 9.69. The number of rotatable bonds is 3. The van der Waals surface area contributed by atoms with Crippen LogP contribution in [-0.4, -0.2) is 45.9 Å². The Morgan fingerprint density at radius 3 is 2.82 bits per heavy atom. The van der Waals surface area contributed by atoms with Gasteiger partial charge in [-0.25, -0.2) is 4.98 Å². The van der Waals surface area contributed by atoms with Crippen LogP contribution in [0.15, 0.2) is 30.5 Å². The van der Waals surface area contributed by atoms with E-state index in [9.17, 15) is 14.0 Å². The van der Waals surface area contributed by atoms with Gasteiger partial charge in [-0.15, -0.1) is 0 Å². The molecule has 3 heterocycles. The van der Waals surface area contributed by atoms with E-state index in [1.807, 2.05) is 26.0 Å². The molecule has 2 aliphatic rings. The van der Waals surface area contributed by atoms with Gasteiger partial charge in [0.2, 0.25) is 5.95 Å². The van der Waals surface area contributed by atoms with Crippen LogP contribution in [0.1, 0.15) is 29.9 Å². The third-order valence-electron chi connectivity index (χ3n) is 5.86. The van der Waals surface area contributed by atoms with Crippen molar-refractivity contribution in [1.29, 1.82) is 0 Å². The van der Waals surface area contributed by atoms with Crippen molar-refractivity contribution in [2.45, 2.75) is 20.8 Å². The number of halogens is 1. The number of carbonyl (C=O) groups excluding carboxylic acids is 2. The topological polar surface area (TPSA) is 63.9 Å². The lowest BCUT2D eigenvalue weighted by Gasteiger charge is -2.31. The molecule has 2 aromatic rings. The van der Waals surface area contributed by atoms with E-state index in [4.69, 9.17) is 4.74 Å². The number of allylic oxidation sites excluding steroid dienone is 1. The molecule has 0 radical (unpaired) electrons. The zero-order chi connectivity index (χ0) is 20.0. The minimum absolute atomic E-state index is 0.0228. The van der Waals surface area contributed by atoms with Gasteiger partial charge >= 0.3 is 5.97 Å². The molecule has 2 aromatic heterocycles. The third-order valence-corrected chi connectivity index (χ3v) is 5.86. The van der Waals surface area contributed by atoms with E-state index in [2.05, 4.69) is 11.1 Å². The van der Waals surface area contributed by atoms with E-state index in [-0.39, 0.29) is 35.3 Å². The van der Waals surface area contributed by atoms with Crippen molar-refractivity contribution < 1.29 is 18.7 Å². The maximum atomic E-state index is 14.8. The van der Waals surface area contributed by atoms with E-state index < -0.39 is 11.9 Å². The molecule has 0 unspecified atom stereocenters. The van der Waals surface area contributed by atoms with Crippen molar-refractivity contribution in [3.8, 4) is 0 Å². The highest BCUT2D eigenvalue weighted by Gasteiger charge is 2.46. The second-order valence-corrected chi connectivity index (χ2v) is 7.75. The van der Waals surface area contributed by atoms with Crippen LogP contribution in [-0.2, 0) is 9.53 Å². The van der Waals surface area contributed by atoms with Crippen molar-refractivity contribution in [2.75, 3.05) is 19.7 Å². The van der Waals surface area contributed by atoms with E-state index in [0.717, 1.165) is 5.56 Å². The molecular formula is C21H24FN3O3. The van der Waals surface area contributed by atoms with Gasteiger partial charge in [-0.1, -0.05) is 25.1 Å². The fraction of sp³-hybridized carbons (Fsp3) is 0.476. The lowest BCUT2D eigenvalue weighted by atomic mass is 9.72. The molecule has 1 fully saturated rings. The van der Waals surface area contributed by atoms with Gasteiger partial charge in [0.05, 0.1) is 12.5 Å². The summed E-state index contributed by atoms with van der Waals surface area (Å²) >= 11 is 0. The average Bonchev–Trinajstić information content (AvgIpc) is 3.23. The zero-order valence-corrected chi connectivity index (χ0v) is 16.3. The van der Waals surface area contributed by atoms with Gasteiger partial charge in [-0.05, 0) is 43.2 Å². The SMILES string of the molecule is CCOC(=O)[C@@H]1[C@H]2CN(C(=O)c3nc4ccc(C)cn4c3F)C[C@@H]2C=C[C@@H]1C. The summed E-state index contributed by atoms with van der Waals surface area (Å²) < 4.78 is 21.4. The number of esters is 1. The zero-order valence-electron chi connectivity index (χ0n) is 16.3. The summed E-state index contributed by atoms with van der Waals surface area (Å²) in [7, 11) is 0. The van der Waals surface area contributed by atoms with Gasteiger partial charge in [-0.2, -0.15) is 4.39 Å². The van der Waals surface area contributed by atoms with Crippen LogP contribution < -0.4 is 0 Å². The molecule has 28 heavy (non-hydrogen) atoms. The van der Waals surface area contributed by atoms with Gasteiger partial charge in [0.1, 0.15) is 5.65 Å². The van der Waals surface area contributed by atoms with Gasteiger partial charge in [-0.3, -0.25) is 14.0 Å². The molecule has 4 rings (SSSR count). The number of imidazole rings is 1. The van der Waals surface area contributed by atoms with Crippen LogP contribution >= 0.6 is 0 Å². The predicted octanol–water partition coefficient (Wildman–Crippen LogP) is 2.86. The van der Waals surface area contributed by atoms with E-state index in [1.54, 1.807) is 24.1 Å². The van der Waals surface area contributed by atoms with Crippen LogP contribution in [0.5, 0.6) is 0 Å². The molecule has 6 nitrogen and oxygen atoms in total. The standard InChI is InChI=1S/C21H24FN3O3/c1-4-28-21(27)17-13(3)6-7-14-10-24(11-15(14)17)20(26)18-19(22)25-9-12(2)5-8-16(25)23-18/h5-9,13-15,17H,4,10-11H2,1-3H3/t13-,14-,15-,17-/m0/s1. The predicted molar refractivity (Wildman–Crippen MR) is 101 cm³/mol. The molecule has 7 heteroatoms. The Kier molecular flexibility index (Phi) is 4.69. The van der Waals surface area contributed by atoms with Crippen LogP contribution in [0.3, 0.4) is 0 Å². The minimum Gasteiger partial charge on any atom is -0.466 e. The normalized spacial score (nSPS) is 26.5. The highest BCUT2D eigenvalue weighted by atomic mass is 19.1. The van der Waals surface area contributed by atoms with Crippen molar-refractivity contribution in [3.05, 3.63) is 47.7 Å². The minimum atomic E-state index is -0.649. The average molecular weight is 385 g/mol. The number of carbonyl (C=O) groups is 2. The number of pyridine rings is 1. The van der Waals surface area contributed by atoms with Crippen LogP contribution in [0.2, 0.25) is 0 Å². The van der Waals surface area contributed by atoms with E-state index in [0.29, 0.717) is 25.3 Å². The number of aryl methyl sites for hydroxylation is 1. The Hall–Kier alpha value is -2.70. The highest BCUT2D eigenvalue weighted by molar-refractivity contribution is 5.93. The summed E-state index contributed by atoms with van der Waals surface area (Å²) in [4.78, 5) is 31.3. The molecule has 0 aromatic carbocycles. The number of hydrogen-bond donors (Lipinski definition) is 0. The maximum Gasteiger partial charge on any atom is 0.309 e. The Bertz CT molecular complexity index is 967. The first kappa shape index (κ1) is 18.7. The Balaban J connectivity index is 1.60. The Morgan fingerprint density at radius 2 is 2.07 bits per heavy atom. The third kappa shape index (κ3) is 2.99. The molecule has 1 saturated heterocycles. The fourth-order valence-electron chi connectivity index (χ4n) is 4.47.